The number of nitrogens with zero attached hydrogens (tertiary/aromatic N) is 3. The second-order valence-electron chi connectivity index (χ2n) is 11.4. The molecule has 214 valence electrons. The Morgan fingerprint density at radius 3 is 2.39 bits per heavy atom. The Morgan fingerprint density at radius 2 is 1.63 bits per heavy atom. The van der Waals surface area contributed by atoms with E-state index in [2.05, 4.69) is 42.2 Å². The predicted octanol–water partition coefficient (Wildman–Crippen LogP) is 6.45. The van der Waals surface area contributed by atoms with Crippen molar-refractivity contribution in [1.29, 1.82) is 0 Å². The van der Waals surface area contributed by atoms with Crippen LogP contribution in [0.5, 0.6) is 5.75 Å². The highest BCUT2D eigenvalue weighted by Gasteiger charge is 2.61. The van der Waals surface area contributed by atoms with E-state index in [-0.39, 0.29) is 17.6 Å². The van der Waals surface area contributed by atoms with Gasteiger partial charge >= 0.3 is 0 Å². The summed E-state index contributed by atoms with van der Waals surface area (Å²) in [6.45, 7) is 5.33. The first-order valence-corrected chi connectivity index (χ1v) is 16.0. The van der Waals surface area contributed by atoms with Crippen molar-refractivity contribution in [1.82, 2.24) is 4.90 Å². The third kappa shape index (κ3) is 5.50. The smallest absolute Gasteiger partial charge is 0.269 e. The minimum Gasteiger partial charge on any atom is -0.494 e. The Balaban J connectivity index is 1.19. The molecule has 2 fully saturated rings. The van der Waals surface area contributed by atoms with E-state index in [1.54, 1.807) is 4.90 Å². The summed E-state index contributed by atoms with van der Waals surface area (Å²) in [6.07, 6.45) is 6.67. The molecular formula is C34H39N3O3S. The molecule has 2 amide bonds. The van der Waals surface area contributed by atoms with E-state index in [1.807, 2.05) is 53.4 Å². The summed E-state index contributed by atoms with van der Waals surface area (Å²) in [5, 5.41) is 0. The topological polar surface area (TPSA) is 53.1 Å². The Kier molecular flexibility index (Phi) is 8.35. The number of benzene rings is 3. The fourth-order valence-corrected chi connectivity index (χ4v) is 7.77. The number of unbranched alkanes of at least 4 members (excludes halogenated alkanes) is 2. The van der Waals surface area contributed by atoms with E-state index >= 15 is 0 Å². The number of para-hydroxylation sites is 1. The number of carbonyl (C=O) groups excluding carboxylic acids is 2. The van der Waals surface area contributed by atoms with Crippen LogP contribution in [-0.4, -0.2) is 48.8 Å². The minimum absolute atomic E-state index is 0.0270. The highest BCUT2D eigenvalue weighted by Crippen LogP contribution is 2.55. The van der Waals surface area contributed by atoms with E-state index in [0.717, 1.165) is 74.3 Å². The van der Waals surface area contributed by atoms with Crippen molar-refractivity contribution in [3.63, 3.8) is 0 Å². The lowest BCUT2D eigenvalue weighted by atomic mass is 9.90. The lowest BCUT2D eigenvalue weighted by Gasteiger charge is -2.36. The van der Waals surface area contributed by atoms with Crippen LogP contribution in [0, 0.1) is 5.92 Å². The van der Waals surface area contributed by atoms with Gasteiger partial charge in [0.1, 0.15) is 5.75 Å². The van der Waals surface area contributed by atoms with Crippen molar-refractivity contribution < 1.29 is 14.3 Å². The standard InChI is InChI=1S/C34H39N3O3S/c1-2-3-9-22-40-29-16-14-28(15-17-29)37-32(38)24-41-34(37)30-12-7-8-13-31(30)36(33(34)39)25-35-20-18-27(19-21-35)23-26-10-5-4-6-11-26/h4-8,10-17,27H,2-3,9,18-25H2,1H3/t34-/m0/s1. The number of anilines is 2. The van der Waals surface area contributed by atoms with E-state index in [4.69, 9.17) is 4.74 Å². The maximum Gasteiger partial charge on any atom is 0.269 e. The normalized spacial score (nSPS) is 21.2. The SMILES string of the molecule is CCCCCOc1ccc(N2C(=O)CS[C@@]23C(=O)N(CN2CCC(Cc4ccccc4)CC2)c2ccccc23)cc1. The number of thioether (sulfide) groups is 1. The molecule has 3 aromatic rings. The first-order valence-electron chi connectivity index (χ1n) is 15.0. The van der Waals surface area contributed by atoms with Crippen LogP contribution in [0.4, 0.5) is 11.4 Å². The second kappa shape index (κ2) is 12.3. The molecule has 0 aromatic heterocycles. The number of amides is 2. The third-order valence-corrected chi connectivity index (χ3v) is 9.98. The van der Waals surface area contributed by atoms with Gasteiger partial charge < -0.3 is 4.74 Å². The van der Waals surface area contributed by atoms with Crippen LogP contribution in [0.1, 0.15) is 50.2 Å². The summed E-state index contributed by atoms with van der Waals surface area (Å²) in [6, 6.07) is 26.4. The highest BCUT2D eigenvalue weighted by atomic mass is 32.2. The molecular weight excluding hydrogens is 530 g/mol. The van der Waals surface area contributed by atoms with Crippen LogP contribution < -0.4 is 14.5 Å². The zero-order valence-electron chi connectivity index (χ0n) is 23.8. The molecule has 0 bridgehead atoms. The van der Waals surface area contributed by atoms with Crippen molar-refractivity contribution >= 4 is 35.0 Å². The van der Waals surface area contributed by atoms with Crippen molar-refractivity contribution in [3.8, 4) is 5.75 Å². The summed E-state index contributed by atoms with van der Waals surface area (Å²) < 4.78 is 5.90. The maximum absolute atomic E-state index is 14.4. The fourth-order valence-electron chi connectivity index (χ4n) is 6.41. The summed E-state index contributed by atoms with van der Waals surface area (Å²) in [4.78, 5) is 32.8. The number of rotatable bonds is 10. The number of hydrogen-bond acceptors (Lipinski definition) is 5. The van der Waals surface area contributed by atoms with Crippen LogP contribution in [-0.2, 0) is 20.9 Å². The van der Waals surface area contributed by atoms with Crippen molar-refractivity contribution in [2.75, 3.05) is 41.9 Å². The van der Waals surface area contributed by atoms with E-state index in [1.165, 1.54) is 17.3 Å². The quantitative estimate of drug-likeness (QED) is 0.263. The van der Waals surface area contributed by atoms with Gasteiger partial charge in [-0.05, 0) is 67.5 Å². The average molecular weight is 570 g/mol. The molecule has 0 aliphatic carbocycles. The molecule has 0 radical (unpaired) electrons. The van der Waals surface area contributed by atoms with E-state index < -0.39 is 4.87 Å². The summed E-state index contributed by atoms with van der Waals surface area (Å²) in [7, 11) is 0. The van der Waals surface area contributed by atoms with Gasteiger partial charge in [0.15, 0.2) is 0 Å². The van der Waals surface area contributed by atoms with Gasteiger partial charge in [0.25, 0.3) is 5.91 Å². The number of fused-ring (bicyclic) bond motifs is 2. The van der Waals surface area contributed by atoms with Gasteiger partial charge in [0, 0.05) is 24.3 Å². The Labute approximate surface area is 247 Å². The molecule has 3 heterocycles. The Hall–Kier alpha value is -3.29. The maximum atomic E-state index is 14.4. The van der Waals surface area contributed by atoms with Gasteiger partial charge in [0.05, 0.1) is 24.7 Å². The lowest BCUT2D eigenvalue weighted by molar-refractivity contribution is -0.124. The van der Waals surface area contributed by atoms with E-state index in [9.17, 15) is 9.59 Å². The van der Waals surface area contributed by atoms with Crippen LogP contribution in [0.25, 0.3) is 0 Å². The van der Waals surface area contributed by atoms with Crippen LogP contribution in [0.3, 0.4) is 0 Å². The van der Waals surface area contributed by atoms with Crippen molar-refractivity contribution in [2.45, 2.75) is 50.3 Å². The van der Waals surface area contributed by atoms with Gasteiger partial charge in [-0.25, -0.2) is 0 Å². The zero-order valence-corrected chi connectivity index (χ0v) is 24.7. The third-order valence-electron chi connectivity index (χ3n) is 8.59. The fraction of sp³-hybridized carbons (Fsp3) is 0.412. The van der Waals surface area contributed by atoms with Crippen molar-refractivity contribution in [3.05, 3.63) is 90.0 Å². The molecule has 7 heteroatoms. The van der Waals surface area contributed by atoms with Gasteiger partial charge in [-0.2, -0.15) is 0 Å². The first kappa shape index (κ1) is 27.9. The van der Waals surface area contributed by atoms with Gasteiger partial charge in [-0.3, -0.25) is 24.3 Å². The number of piperidine rings is 1. The first-order chi connectivity index (χ1) is 20.1. The van der Waals surface area contributed by atoms with Gasteiger partial charge in [-0.1, -0.05) is 68.3 Å². The largest absolute Gasteiger partial charge is 0.494 e. The molecule has 3 aliphatic heterocycles. The number of hydrogen-bond donors (Lipinski definition) is 0. The van der Waals surface area contributed by atoms with Gasteiger partial charge in [-0.15, -0.1) is 11.8 Å². The summed E-state index contributed by atoms with van der Waals surface area (Å²) in [5.74, 6) is 1.65. The van der Waals surface area contributed by atoms with Gasteiger partial charge in [0.2, 0.25) is 10.8 Å². The molecule has 6 rings (SSSR count). The molecule has 6 nitrogen and oxygen atoms in total. The highest BCUT2D eigenvalue weighted by molar-refractivity contribution is 8.02. The lowest BCUT2D eigenvalue weighted by Crippen LogP contribution is -2.52. The minimum atomic E-state index is -1.08. The zero-order chi connectivity index (χ0) is 28.2. The molecule has 2 saturated heterocycles. The molecule has 3 aliphatic rings. The molecule has 0 saturated carbocycles. The summed E-state index contributed by atoms with van der Waals surface area (Å²) in [5.41, 5.74) is 3.94. The summed E-state index contributed by atoms with van der Waals surface area (Å²) >= 11 is 1.44. The number of likely N-dealkylation sites (tertiary alicyclic amines) is 1. The molecule has 1 spiro atoms. The predicted molar refractivity (Wildman–Crippen MR) is 166 cm³/mol. The van der Waals surface area contributed by atoms with Crippen LogP contribution in [0.15, 0.2) is 78.9 Å². The number of carbonyl (C=O) groups is 2. The Bertz CT molecular complexity index is 1360. The monoisotopic (exact) mass is 569 g/mol. The molecule has 3 aromatic carbocycles. The molecule has 1 atom stereocenters. The Morgan fingerprint density at radius 1 is 0.902 bits per heavy atom. The van der Waals surface area contributed by atoms with E-state index in [0.29, 0.717) is 19.2 Å². The van der Waals surface area contributed by atoms with Crippen LogP contribution >= 0.6 is 11.8 Å². The molecule has 0 N–H and O–H groups in total. The van der Waals surface area contributed by atoms with Crippen molar-refractivity contribution in [2.24, 2.45) is 5.92 Å². The molecule has 41 heavy (non-hydrogen) atoms. The average Bonchev–Trinajstić information content (AvgIpc) is 3.47. The van der Waals surface area contributed by atoms with Crippen LogP contribution in [0.2, 0.25) is 0 Å². The molecule has 0 unspecified atom stereocenters. The number of ether oxygens (including phenoxy) is 1. The second-order valence-corrected chi connectivity index (χ2v) is 12.5.